The molecule has 0 radical (unpaired) electrons. The third-order valence-electron chi connectivity index (χ3n) is 2.32. The van der Waals surface area contributed by atoms with Crippen molar-refractivity contribution < 1.29 is 5.11 Å². The third-order valence-corrected chi connectivity index (χ3v) is 2.32. The molecule has 2 heteroatoms. The van der Waals surface area contributed by atoms with Crippen LogP contribution in [-0.4, -0.2) is 23.3 Å². The van der Waals surface area contributed by atoms with E-state index in [0.29, 0.717) is 0 Å². The second kappa shape index (κ2) is 2.27. The van der Waals surface area contributed by atoms with Crippen LogP contribution in [0.25, 0.3) is 0 Å². The first kappa shape index (κ1) is 7.03. The van der Waals surface area contributed by atoms with Crippen molar-refractivity contribution in [3.8, 4) is 0 Å². The van der Waals surface area contributed by atoms with E-state index in [-0.39, 0.29) is 11.6 Å². The summed E-state index contributed by atoms with van der Waals surface area (Å²) < 4.78 is 0. The van der Waals surface area contributed by atoms with Crippen LogP contribution < -0.4 is 5.32 Å². The molecule has 0 amide bonds. The average Bonchev–Trinajstić information content (AvgIpc) is 2.16. The summed E-state index contributed by atoms with van der Waals surface area (Å²) in [4.78, 5) is 0. The molecule has 1 rings (SSSR count). The van der Waals surface area contributed by atoms with E-state index < -0.39 is 0 Å². The van der Waals surface area contributed by atoms with Gasteiger partial charge in [-0.2, -0.15) is 0 Å². The highest BCUT2D eigenvalue weighted by Crippen LogP contribution is 2.21. The van der Waals surface area contributed by atoms with Crippen molar-refractivity contribution in [3.63, 3.8) is 0 Å². The summed E-state index contributed by atoms with van der Waals surface area (Å²) in [5.74, 6) is 0. The fraction of sp³-hybridized carbons (Fsp3) is 1.00. The lowest BCUT2D eigenvalue weighted by atomic mass is 9.94. The van der Waals surface area contributed by atoms with Crippen molar-refractivity contribution in [3.05, 3.63) is 0 Å². The second-order valence-electron chi connectivity index (χ2n) is 3.12. The molecule has 0 saturated carbocycles. The Labute approximate surface area is 56.3 Å². The summed E-state index contributed by atoms with van der Waals surface area (Å²) in [7, 11) is 0. The molecule has 2 nitrogen and oxygen atoms in total. The first-order valence-electron chi connectivity index (χ1n) is 3.58. The van der Waals surface area contributed by atoms with Crippen LogP contribution in [0.2, 0.25) is 0 Å². The van der Waals surface area contributed by atoms with E-state index in [4.69, 9.17) is 0 Å². The number of rotatable bonds is 1. The largest absolute Gasteiger partial charge is 0.392 e. The zero-order valence-electron chi connectivity index (χ0n) is 6.15. The lowest BCUT2D eigenvalue weighted by Gasteiger charge is -2.27. The Morgan fingerprint density at radius 2 is 2.33 bits per heavy atom. The summed E-state index contributed by atoms with van der Waals surface area (Å²) in [5, 5.41) is 12.5. The van der Waals surface area contributed by atoms with E-state index in [9.17, 15) is 5.11 Å². The molecule has 1 saturated heterocycles. The van der Waals surface area contributed by atoms with E-state index in [0.717, 1.165) is 13.0 Å². The standard InChI is InChI=1S/C7H15NO/c1-6(9)7(2)4-3-5-8-7/h6,8-9H,3-5H2,1-2H3/t6-,7-/m1/s1. The van der Waals surface area contributed by atoms with Crippen LogP contribution in [0.5, 0.6) is 0 Å². The van der Waals surface area contributed by atoms with Gasteiger partial charge in [0.15, 0.2) is 0 Å². The minimum absolute atomic E-state index is 0. The maximum absolute atomic E-state index is 9.25. The van der Waals surface area contributed by atoms with Crippen LogP contribution >= 0.6 is 0 Å². The van der Waals surface area contributed by atoms with Gasteiger partial charge in [-0.25, -0.2) is 0 Å². The van der Waals surface area contributed by atoms with E-state index >= 15 is 0 Å². The van der Waals surface area contributed by atoms with Gasteiger partial charge in [-0.1, -0.05) is 0 Å². The van der Waals surface area contributed by atoms with Crippen molar-refractivity contribution in [2.24, 2.45) is 0 Å². The molecule has 2 atom stereocenters. The van der Waals surface area contributed by atoms with Crippen LogP contribution in [0.1, 0.15) is 26.7 Å². The Hall–Kier alpha value is -0.0800. The maximum Gasteiger partial charge on any atom is 0.0690 e. The number of nitrogens with one attached hydrogen (secondary N) is 1. The molecule has 1 aliphatic heterocycles. The molecule has 0 aromatic heterocycles. The van der Waals surface area contributed by atoms with Gasteiger partial charge < -0.3 is 10.4 Å². The third kappa shape index (κ3) is 1.25. The van der Waals surface area contributed by atoms with Crippen molar-refractivity contribution >= 4 is 0 Å². The van der Waals surface area contributed by atoms with Crippen LogP contribution in [-0.2, 0) is 0 Å². The minimum Gasteiger partial charge on any atom is -0.392 e. The zero-order chi connectivity index (χ0) is 6.91. The highest BCUT2D eigenvalue weighted by atomic mass is 16.3. The Morgan fingerprint density at radius 3 is 2.56 bits per heavy atom. The van der Waals surface area contributed by atoms with Crippen LogP contribution in [0.3, 0.4) is 0 Å². The number of aliphatic hydroxyl groups excluding tert-OH is 1. The Kier molecular flexibility index (Phi) is 1.78. The van der Waals surface area contributed by atoms with E-state index in [1.165, 1.54) is 6.42 Å². The molecule has 0 aromatic carbocycles. The molecule has 1 heterocycles. The van der Waals surface area contributed by atoms with Gasteiger partial charge in [-0.15, -0.1) is 0 Å². The van der Waals surface area contributed by atoms with E-state index in [1.54, 1.807) is 0 Å². The highest BCUT2D eigenvalue weighted by Gasteiger charge is 2.32. The molecule has 0 aliphatic carbocycles. The van der Waals surface area contributed by atoms with Gasteiger partial charge in [0.2, 0.25) is 0 Å². The van der Waals surface area contributed by atoms with Crippen molar-refractivity contribution in [2.45, 2.75) is 38.3 Å². The quantitative estimate of drug-likeness (QED) is 0.540. The van der Waals surface area contributed by atoms with E-state index in [1.807, 2.05) is 6.92 Å². The van der Waals surface area contributed by atoms with Gasteiger partial charge in [0.05, 0.1) is 6.10 Å². The lowest BCUT2D eigenvalue weighted by molar-refractivity contribution is 0.0983. The summed E-state index contributed by atoms with van der Waals surface area (Å²) in [5.41, 5.74) is 0. The van der Waals surface area contributed by atoms with Crippen LogP contribution in [0.15, 0.2) is 0 Å². The van der Waals surface area contributed by atoms with E-state index in [2.05, 4.69) is 12.2 Å². The molecule has 54 valence electrons. The molecule has 0 bridgehead atoms. The fourth-order valence-electron chi connectivity index (χ4n) is 1.27. The smallest absolute Gasteiger partial charge is 0.0690 e. The molecule has 1 aliphatic rings. The molecule has 0 aromatic rings. The summed E-state index contributed by atoms with van der Waals surface area (Å²) in [6.45, 7) is 4.98. The van der Waals surface area contributed by atoms with Gasteiger partial charge in [-0.3, -0.25) is 0 Å². The van der Waals surface area contributed by atoms with Crippen LogP contribution in [0.4, 0.5) is 0 Å². The van der Waals surface area contributed by atoms with Gasteiger partial charge in [0, 0.05) is 5.54 Å². The second-order valence-corrected chi connectivity index (χ2v) is 3.12. The monoisotopic (exact) mass is 129 g/mol. The fourth-order valence-corrected chi connectivity index (χ4v) is 1.27. The first-order valence-corrected chi connectivity index (χ1v) is 3.58. The Balaban J connectivity index is 2.51. The first-order chi connectivity index (χ1) is 4.15. The normalized spacial score (nSPS) is 39.0. The van der Waals surface area contributed by atoms with Crippen molar-refractivity contribution in [2.75, 3.05) is 6.54 Å². The van der Waals surface area contributed by atoms with Gasteiger partial charge in [-0.05, 0) is 33.2 Å². The predicted octanol–water partition coefficient (Wildman–Crippen LogP) is 0.509. The van der Waals surface area contributed by atoms with Crippen molar-refractivity contribution in [1.82, 2.24) is 5.32 Å². The highest BCUT2D eigenvalue weighted by molar-refractivity contribution is 4.92. The molecule has 9 heavy (non-hydrogen) atoms. The molecule has 0 unspecified atom stereocenters. The topological polar surface area (TPSA) is 32.3 Å². The zero-order valence-corrected chi connectivity index (χ0v) is 6.15. The SMILES string of the molecule is C[C@@H](O)[C@@]1(C)CCCN1. The summed E-state index contributed by atoms with van der Waals surface area (Å²) in [6, 6.07) is 0. The van der Waals surface area contributed by atoms with Gasteiger partial charge in [0.1, 0.15) is 0 Å². The van der Waals surface area contributed by atoms with Crippen LogP contribution in [0, 0.1) is 0 Å². The maximum atomic E-state index is 9.25. The number of hydrogen-bond acceptors (Lipinski definition) is 2. The molecule has 1 fully saturated rings. The summed E-state index contributed by atoms with van der Waals surface area (Å²) in [6.07, 6.45) is 2.08. The number of aliphatic hydroxyl groups is 1. The number of hydrogen-bond donors (Lipinski definition) is 2. The van der Waals surface area contributed by atoms with Crippen molar-refractivity contribution in [1.29, 1.82) is 0 Å². The molecule has 0 spiro atoms. The lowest BCUT2D eigenvalue weighted by Crippen LogP contribution is -2.45. The Bertz CT molecular complexity index is 95.1. The average molecular weight is 129 g/mol. The van der Waals surface area contributed by atoms with Gasteiger partial charge >= 0.3 is 0 Å². The predicted molar refractivity (Wildman–Crippen MR) is 37.3 cm³/mol. The molecule has 2 N–H and O–H groups in total. The molecular formula is C7H15NO. The van der Waals surface area contributed by atoms with Gasteiger partial charge in [0.25, 0.3) is 0 Å². The Morgan fingerprint density at radius 1 is 1.67 bits per heavy atom. The summed E-state index contributed by atoms with van der Waals surface area (Å²) >= 11 is 0. The minimum atomic E-state index is -0.222. The molecular weight excluding hydrogens is 114 g/mol.